The van der Waals surface area contributed by atoms with Gasteiger partial charge in [-0.1, -0.05) is 37.5 Å². The number of hydrogen-bond donors (Lipinski definition) is 0. The number of rotatable bonds is 9. The van der Waals surface area contributed by atoms with Gasteiger partial charge >= 0.3 is 0 Å². The Hall–Kier alpha value is -0.520. The molecule has 0 atom stereocenters. The van der Waals surface area contributed by atoms with E-state index in [-0.39, 0.29) is 0 Å². The highest BCUT2D eigenvalue weighted by atomic mass is 14.0. The van der Waals surface area contributed by atoms with Crippen LogP contribution in [0.2, 0.25) is 0 Å². The molecule has 0 bridgehead atoms. The summed E-state index contributed by atoms with van der Waals surface area (Å²) in [6.07, 6.45) is 14.8. The summed E-state index contributed by atoms with van der Waals surface area (Å²) in [6, 6.07) is 0. The van der Waals surface area contributed by atoms with Crippen LogP contribution < -0.4 is 0 Å². The highest BCUT2D eigenvalue weighted by molar-refractivity contribution is 4.99. The first kappa shape index (κ1) is 13.5. The Balaban J connectivity index is 3.38. The monoisotopic (exact) mass is 194 g/mol. The smallest absolute Gasteiger partial charge is 0.0320 e. The predicted molar refractivity (Wildman–Crippen MR) is 66.6 cm³/mol. The second kappa shape index (κ2) is 10.6. The average molecular weight is 194 g/mol. The lowest BCUT2D eigenvalue weighted by Crippen LogP contribution is -1.85. The molecule has 0 spiro atoms. The van der Waals surface area contributed by atoms with Crippen molar-refractivity contribution in [2.24, 2.45) is 0 Å². The maximum absolute atomic E-state index is 3.74. The van der Waals surface area contributed by atoms with Crippen LogP contribution in [0.3, 0.4) is 0 Å². The molecule has 0 fully saturated rings. The third-order valence-electron chi connectivity index (χ3n) is 2.67. The Bertz CT molecular complexity index is 153. The number of allylic oxidation sites excluding steroid dienone is 3. The van der Waals surface area contributed by atoms with Crippen LogP contribution in [0.15, 0.2) is 24.3 Å². The molecule has 14 heavy (non-hydrogen) atoms. The van der Waals surface area contributed by atoms with Crippen molar-refractivity contribution in [1.82, 2.24) is 0 Å². The third-order valence-corrected chi connectivity index (χ3v) is 2.67. The molecule has 0 unspecified atom stereocenters. The zero-order valence-electron chi connectivity index (χ0n) is 10.0. The molecule has 0 saturated carbocycles. The molecule has 0 saturated heterocycles. The number of hydrogen-bond acceptors (Lipinski definition) is 0. The van der Waals surface area contributed by atoms with E-state index in [0.29, 0.717) is 0 Å². The summed E-state index contributed by atoms with van der Waals surface area (Å²) < 4.78 is 0. The first-order chi connectivity index (χ1) is 6.85. The van der Waals surface area contributed by atoms with Gasteiger partial charge in [0.25, 0.3) is 0 Å². The fourth-order valence-electron chi connectivity index (χ4n) is 1.64. The summed E-state index contributed by atoms with van der Waals surface area (Å²) in [4.78, 5) is 0. The van der Waals surface area contributed by atoms with Crippen molar-refractivity contribution >= 4 is 0 Å². The Morgan fingerprint density at radius 1 is 1.07 bits per heavy atom. The molecule has 0 aromatic heterocycles. The zero-order valence-corrected chi connectivity index (χ0v) is 10.0. The van der Waals surface area contributed by atoms with Crippen molar-refractivity contribution < 1.29 is 0 Å². The van der Waals surface area contributed by atoms with Gasteiger partial charge in [0.1, 0.15) is 0 Å². The van der Waals surface area contributed by atoms with E-state index in [0.717, 1.165) is 0 Å². The quantitative estimate of drug-likeness (QED) is 0.347. The molecule has 0 aromatic carbocycles. The summed E-state index contributed by atoms with van der Waals surface area (Å²) in [6.45, 7) is 8.18. The van der Waals surface area contributed by atoms with Crippen LogP contribution in [-0.4, -0.2) is 0 Å². The molecule has 0 amide bonds. The fraction of sp³-hybridized carbons (Fsp3) is 0.714. The Labute approximate surface area is 90.1 Å². The minimum Gasteiger partial charge on any atom is -0.103 e. The summed E-state index contributed by atoms with van der Waals surface area (Å²) >= 11 is 0. The van der Waals surface area contributed by atoms with Crippen molar-refractivity contribution in [2.75, 3.05) is 0 Å². The van der Waals surface area contributed by atoms with Gasteiger partial charge in [-0.25, -0.2) is 0 Å². The van der Waals surface area contributed by atoms with E-state index in [2.05, 4.69) is 26.5 Å². The van der Waals surface area contributed by atoms with Crippen LogP contribution in [0, 0.1) is 0 Å². The van der Waals surface area contributed by atoms with Gasteiger partial charge in [0, 0.05) is 0 Å². The van der Waals surface area contributed by atoms with E-state index in [1.165, 1.54) is 51.4 Å². The average Bonchev–Trinajstić information content (AvgIpc) is 2.22. The standard InChI is InChI=1S/C14H26/c1-4-7-9-10-11-13-14(6-3)12-8-5-2/h4,6H,1,5,7-13H2,2-3H3. The van der Waals surface area contributed by atoms with Gasteiger partial charge in [0.15, 0.2) is 0 Å². The van der Waals surface area contributed by atoms with Gasteiger partial charge in [-0.2, -0.15) is 0 Å². The van der Waals surface area contributed by atoms with Gasteiger partial charge < -0.3 is 0 Å². The van der Waals surface area contributed by atoms with E-state index in [4.69, 9.17) is 0 Å². The molecular weight excluding hydrogens is 168 g/mol. The van der Waals surface area contributed by atoms with Gasteiger partial charge in [-0.15, -0.1) is 6.58 Å². The van der Waals surface area contributed by atoms with Crippen molar-refractivity contribution in [3.63, 3.8) is 0 Å². The fourth-order valence-corrected chi connectivity index (χ4v) is 1.64. The van der Waals surface area contributed by atoms with E-state index < -0.39 is 0 Å². The minimum absolute atomic E-state index is 1.18. The lowest BCUT2D eigenvalue weighted by atomic mass is 10.0. The molecule has 0 radical (unpaired) electrons. The highest BCUT2D eigenvalue weighted by Crippen LogP contribution is 2.15. The molecule has 0 aliphatic rings. The van der Waals surface area contributed by atoms with Gasteiger partial charge in [-0.05, 0) is 45.4 Å². The largest absolute Gasteiger partial charge is 0.103 e. The summed E-state index contributed by atoms with van der Waals surface area (Å²) in [7, 11) is 0. The highest BCUT2D eigenvalue weighted by Gasteiger charge is 1.95. The van der Waals surface area contributed by atoms with Crippen molar-refractivity contribution in [3.8, 4) is 0 Å². The van der Waals surface area contributed by atoms with Gasteiger partial charge in [0.2, 0.25) is 0 Å². The second-order valence-electron chi connectivity index (χ2n) is 3.94. The van der Waals surface area contributed by atoms with E-state index in [9.17, 15) is 0 Å². The molecule has 0 aromatic rings. The Morgan fingerprint density at radius 3 is 2.36 bits per heavy atom. The molecule has 0 aliphatic carbocycles. The van der Waals surface area contributed by atoms with Crippen LogP contribution in [0.1, 0.15) is 65.2 Å². The van der Waals surface area contributed by atoms with E-state index >= 15 is 0 Å². The van der Waals surface area contributed by atoms with Crippen LogP contribution in [0.4, 0.5) is 0 Å². The second-order valence-corrected chi connectivity index (χ2v) is 3.94. The molecule has 0 nitrogen and oxygen atoms in total. The molecule has 82 valence electrons. The minimum atomic E-state index is 1.18. The van der Waals surface area contributed by atoms with Crippen LogP contribution in [0.25, 0.3) is 0 Å². The van der Waals surface area contributed by atoms with E-state index in [1.807, 2.05) is 6.08 Å². The lowest BCUT2D eigenvalue weighted by molar-refractivity contribution is 0.659. The maximum atomic E-state index is 3.74. The summed E-state index contributed by atoms with van der Waals surface area (Å²) in [5, 5.41) is 0. The first-order valence-corrected chi connectivity index (χ1v) is 6.10. The normalized spacial score (nSPS) is 11.7. The van der Waals surface area contributed by atoms with Crippen molar-refractivity contribution in [2.45, 2.75) is 65.2 Å². The van der Waals surface area contributed by atoms with Gasteiger partial charge in [0.05, 0.1) is 0 Å². The SMILES string of the molecule is C=CCCCCCC(=CC)CCCC. The Kier molecular flexibility index (Phi) is 10.2. The van der Waals surface area contributed by atoms with Crippen molar-refractivity contribution in [3.05, 3.63) is 24.3 Å². The summed E-state index contributed by atoms with van der Waals surface area (Å²) in [5.74, 6) is 0. The predicted octanol–water partition coefficient (Wildman–Crippen LogP) is 5.26. The van der Waals surface area contributed by atoms with E-state index in [1.54, 1.807) is 5.57 Å². The Morgan fingerprint density at radius 2 is 1.79 bits per heavy atom. The maximum Gasteiger partial charge on any atom is -0.0320 e. The van der Waals surface area contributed by atoms with Crippen LogP contribution in [0.5, 0.6) is 0 Å². The summed E-state index contributed by atoms with van der Waals surface area (Å²) in [5.41, 5.74) is 1.66. The lowest BCUT2D eigenvalue weighted by Gasteiger charge is -2.05. The molecular formula is C14H26. The van der Waals surface area contributed by atoms with Gasteiger partial charge in [-0.3, -0.25) is 0 Å². The van der Waals surface area contributed by atoms with Crippen LogP contribution >= 0.6 is 0 Å². The molecule has 0 heterocycles. The van der Waals surface area contributed by atoms with Crippen LogP contribution in [-0.2, 0) is 0 Å². The topological polar surface area (TPSA) is 0 Å². The molecule has 0 rings (SSSR count). The zero-order chi connectivity index (χ0) is 10.6. The first-order valence-electron chi connectivity index (χ1n) is 6.10. The molecule has 0 heteroatoms. The molecule has 0 aliphatic heterocycles. The molecule has 0 N–H and O–H groups in total. The van der Waals surface area contributed by atoms with Crippen molar-refractivity contribution in [1.29, 1.82) is 0 Å². The number of unbranched alkanes of at least 4 members (excludes halogenated alkanes) is 4. The third kappa shape index (κ3) is 8.10.